The quantitative estimate of drug-likeness (QED) is 0.893. The Hall–Kier alpha value is -2.37. The number of furan rings is 1. The van der Waals surface area contributed by atoms with Gasteiger partial charge in [0.2, 0.25) is 5.76 Å². The first-order valence-corrected chi connectivity index (χ1v) is 5.49. The summed E-state index contributed by atoms with van der Waals surface area (Å²) >= 11 is 0. The van der Waals surface area contributed by atoms with Gasteiger partial charge in [-0.25, -0.2) is 13.6 Å². The minimum atomic E-state index is -1.16. The van der Waals surface area contributed by atoms with Crippen molar-refractivity contribution in [2.75, 3.05) is 5.32 Å². The molecule has 2 N–H and O–H groups in total. The van der Waals surface area contributed by atoms with Gasteiger partial charge in [-0.1, -0.05) is 0 Å². The number of hydrogen-bond donors (Lipinski definition) is 2. The first kappa shape index (κ1) is 13.1. The molecule has 1 heterocycles. The molecule has 0 aliphatic rings. The number of nitrogens with one attached hydrogen (secondary N) is 1. The lowest BCUT2D eigenvalue weighted by Crippen LogP contribution is -2.01. The van der Waals surface area contributed by atoms with E-state index < -0.39 is 17.6 Å². The molecular weight excluding hydrogens is 256 g/mol. The summed E-state index contributed by atoms with van der Waals surface area (Å²) in [6.45, 7) is 1.71. The summed E-state index contributed by atoms with van der Waals surface area (Å²) in [4.78, 5) is 10.8. The van der Waals surface area contributed by atoms with Crippen LogP contribution in [0, 0.1) is 18.6 Å². The smallest absolute Gasteiger partial charge is 0.372 e. The van der Waals surface area contributed by atoms with Crippen LogP contribution in [0.3, 0.4) is 0 Å². The Morgan fingerprint density at radius 2 is 2.11 bits per heavy atom. The first-order chi connectivity index (χ1) is 8.97. The van der Waals surface area contributed by atoms with Crippen LogP contribution in [0.5, 0.6) is 0 Å². The van der Waals surface area contributed by atoms with E-state index in [-0.39, 0.29) is 18.0 Å². The van der Waals surface area contributed by atoms with Gasteiger partial charge in [0.15, 0.2) is 0 Å². The summed E-state index contributed by atoms with van der Waals surface area (Å²) in [6, 6.07) is 4.70. The van der Waals surface area contributed by atoms with Crippen molar-refractivity contribution in [3.63, 3.8) is 0 Å². The van der Waals surface area contributed by atoms with Crippen LogP contribution in [0.4, 0.5) is 14.5 Å². The van der Waals surface area contributed by atoms with Crippen LogP contribution in [-0.2, 0) is 6.54 Å². The van der Waals surface area contributed by atoms with E-state index in [9.17, 15) is 13.6 Å². The Balaban J connectivity index is 2.10. The van der Waals surface area contributed by atoms with E-state index in [1.54, 1.807) is 13.0 Å². The van der Waals surface area contributed by atoms with E-state index in [0.29, 0.717) is 11.3 Å². The molecule has 2 rings (SSSR count). The third-order valence-electron chi connectivity index (χ3n) is 2.55. The number of rotatable bonds is 4. The molecule has 0 aliphatic carbocycles. The average Bonchev–Trinajstić information content (AvgIpc) is 2.69. The number of aryl methyl sites for hydroxylation is 1. The van der Waals surface area contributed by atoms with Crippen molar-refractivity contribution in [1.82, 2.24) is 0 Å². The van der Waals surface area contributed by atoms with Gasteiger partial charge in [-0.05, 0) is 25.1 Å². The van der Waals surface area contributed by atoms with E-state index in [0.717, 1.165) is 12.1 Å². The number of anilines is 1. The Labute approximate surface area is 107 Å². The summed E-state index contributed by atoms with van der Waals surface area (Å²) < 4.78 is 31.1. The fourth-order valence-electron chi connectivity index (χ4n) is 1.66. The molecule has 4 nitrogen and oxygen atoms in total. The summed E-state index contributed by atoms with van der Waals surface area (Å²) in [5.41, 5.74) is 0.608. The molecule has 0 radical (unpaired) electrons. The molecule has 1 aromatic heterocycles. The van der Waals surface area contributed by atoms with E-state index in [4.69, 9.17) is 9.52 Å². The molecule has 100 valence electrons. The van der Waals surface area contributed by atoms with Crippen LogP contribution in [0.25, 0.3) is 0 Å². The monoisotopic (exact) mass is 267 g/mol. The zero-order valence-electron chi connectivity index (χ0n) is 10.0. The van der Waals surface area contributed by atoms with Crippen LogP contribution in [0.15, 0.2) is 28.7 Å². The molecule has 0 fully saturated rings. The van der Waals surface area contributed by atoms with Crippen molar-refractivity contribution in [2.45, 2.75) is 13.5 Å². The van der Waals surface area contributed by atoms with Crippen LogP contribution in [0.1, 0.15) is 21.9 Å². The molecule has 0 amide bonds. The Bertz CT molecular complexity index is 622. The molecule has 2 aromatic rings. The fraction of sp³-hybridized carbons (Fsp3) is 0.154. The maximum Gasteiger partial charge on any atom is 0.372 e. The average molecular weight is 267 g/mol. The van der Waals surface area contributed by atoms with Crippen LogP contribution in [-0.4, -0.2) is 11.1 Å². The number of hydrogen-bond acceptors (Lipinski definition) is 3. The molecule has 0 spiro atoms. The van der Waals surface area contributed by atoms with Gasteiger partial charge in [0.1, 0.15) is 17.4 Å². The maximum absolute atomic E-state index is 13.3. The van der Waals surface area contributed by atoms with Gasteiger partial charge in [-0.15, -0.1) is 0 Å². The fourth-order valence-corrected chi connectivity index (χ4v) is 1.66. The highest BCUT2D eigenvalue weighted by atomic mass is 19.1. The Morgan fingerprint density at radius 1 is 1.37 bits per heavy atom. The normalized spacial score (nSPS) is 10.5. The van der Waals surface area contributed by atoms with Crippen LogP contribution < -0.4 is 5.32 Å². The largest absolute Gasteiger partial charge is 0.475 e. The van der Waals surface area contributed by atoms with Gasteiger partial charge in [0, 0.05) is 11.6 Å². The van der Waals surface area contributed by atoms with Crippen LogP contribution in [0.2, 0.25) is 0 Å². The summed E-state index contributed by atoms with van der Waals surface area (Å²) in [6.07, 6.45) is 0. The molecule has 0 atom stereocenters. The lowest BCUT2D eigenvalue weighted by Gasteiger charge is -2.05. The third-order valence-corrected chi connectivity index (χ3v) is 2.55. The molecule has 0 bridgehead atoms. The highest BCUT2D eigenvalue weighted by Crippen LogP contribution is 2.18. The van der Waals surface area contributed by atoms with Crippen molar-refractivity contribution in [3.8, 4) is 0 Å². The summed E-state index contributed by atoms with van der Waals surface area (Å²) in [7, 11) is 0. The zero-order chi connectivity index (χ0) is 14.0. The molecule has 6 heteroatoms. The van der Waals surface area contributed by atoms with Crippen LogP contribution >= 0.6 is 0 Å². The minimum Gasteiger partial charge on any atom is -0.475 e. The number of halogens is 2. The summed E-state index contributed by atoms with van der Waals surface area (Å²) in [5.74, 6) is -2.32. The Kier molecular flexibility index (Phi) is 3.50. The topological polar surface area (TPSA) is 62.5 Å². The van der Waals surface area contributed by atoms with Crippen molar-refractivity contribution in [3.05, 3.63) is 53.0 Å². The number of carbonyl (C=O) groups is 1. The molecule has 0 saturated heterocycles. The lowest BCUT2D eigenvalue weighted by molar-refractivity contribution is 0.0659. The van der Waals surface area contributed by atoms with E-state index >= 15 is 0 Å². The number of carboxylic acids is 1. The van der Waals surface area contributed by atoms with Gasteiger partial charge in [-0.2, -0.15) is 0 Å². The minimum absolute atomic E-state index is 0.108. The van der Waals surface area contributed by atoms with Gasteiger partial charge >= 0.3 is 5.97 Å². The molecule has 19 heavy (non-hydrogen) atoms. The van der Waals surface area contributed by atoms with E-state index in [1.807, 2.05) is 0 Å². The first-order valence-electron chi connectivity index (χ1n) is 5.49. The highest BCUT2D eigenvalue weighted by molar-refractivity contribution is 5.86. The maximum atomic E-state index is 13.3. The van der Waals surface area contributed by atoms with Crippen molar-refractivity contribution >= 4 is 11.7 Å². The molecule has 0 aliphatic heterocycles. The van der Waals surface area contributed by atoms with Gasteiger partial charge in [0.25, 0.3) is 0 Å². The second-order valence-electron chi connectivity index (χ2n) is 4.01. The molecular formula is C13H11F2NO3. The second-order valence-corrected chi connectivity index (χ2v) is 4.01. The Morgan fingerprint density at radius 3 is 2.68 bits per heavy atom. The van der Waals surface area contributed by atoms with Gasteiger partial charge in [-0.3, -0.25) is 0 Å². The van der Waals surface area contributed by atoms with E-state index in [1.165, 1.54) is 6.07 Å². The standard InChI is InChI=1S/C13H11F2NO3/c1-7-4-9(19-12(7)13(17)18)6-16-11-3-2-8(14)5-10(11)15/h2-5,16H,6H2,1H3,(H,17,18). The SMILES string of the molecule is Cc1cc(CNc2ccc(F)cc2F)oc1C(=O)O. The van der Waals surface area contributed by atoms with E-state index in [2.05, 4.69) is 5.32 Å². The molecule has 0 saturated carbocycles. The van der Waals surface area contributed by atoms with Crippen molar-refractivity contribution in [1.29, 1.82) is 0 Å². The molecule has 0 unspecified atom stereocenters. The predicted molar refractivity (Wildman–Crippen MR) is 64.1 cm³/mol. The highest BCUT2D eigenvalue weighted by Gasteiger charge is 2.14. The predicted octanol–water partition coefficient (Wildman–Crippen LogP) is 3.18. The third kappa shape index (κ3) is 2.90. The van der Waals surface area contributed by atoms with Gasteiger partial charge in [0.05, 0.1) is 12.2 Å². The van der Waals surface area contributed by atoms with Gasteiger partial charge < -0.3 is 14.8 Å². The summed E-state index contributed by atoms with van der Waals surface area (Å²) in [5, 5.41) is 11.5. The van der Waals surface area contributed by atoms with Crippen molar-refractivity contribution in [2.24, 2.45) is 0 Å². The number of carboxylic acid groups (broad SMARTS) is 1. The number of aromatic carboxylic acids is 1. The zero-order valence-corrected chi connectivity index (χ0v) is 10.0. The van der Waals surface area contributed by atoms with Crippen molar-refractivity contribution < 1.29 is 23.1 Å². The molecule has 1 aromatic carbocycles. The number of benzene rings is 1. The lowest BCUT2D eigenvalue weighted by atomic mass is 10.2. The second kappa shape index (κ2) is 5.09.